The number of hydrogen-bond donors (Lipinski definition) is 1. The van der Waals surface area contributed by atoms with Crippen molar-refractivity contribution in [2.24, 2.45) is 4.99 Å². The highest BCUT2D eigenvalue weighted by Gasteiger charge is 2.03. The first-order valence-corrected chi connectivity index (χ1v) is 2.14. The maximum Gasteiger partial charge on any atom is 0.222 e. The Morgan fingerprint density at radius 3 is 2.75 bits per heavy atom. The molecule has 0 aromatic heterocycles. The second-order valence-corrected chi connectivity index (χ2v) is 1.35. The van der Waals surface area contributed by atoms with Gasteiger partial charge < -0.3 is 0 Å². The molecule has 1 aliphatic heterocycles. The van der Waals surface area contributed by atoms with Gasteiger partial charge in [0.1, 0.15) is 0 Å². The number of amidine groups is 1. The lowest BCUT2D eigenvalue weighted by Gasteiger charge is -1.91. The van der Waals surface area contributed by atoms with Crippen molar-refractivity contribution in [1.82, 2.24) is 0 Å². The van der Waals surface area contributed by atoms with Gasteiger partial charge in [-0.25, -0.2) is 4.99 Å². The smallest absolute Gasteiger partial charge is 0.222 e. The lowest BCUT2D eigenvalue weighted by Crippen LogP contribution is -2.09. The van der Waals surface area contributed by atoms with E-state index in [0.717, 1.165) is 0 Å². The molecule has 0 aliphatic carbocycles. The van der Waals surface area contributed by atoms with Crippen LogP contribution in [0, 0.1) is 5.41 Å². The molecule has 8 heavy (non-hydrogen) atoms. The SMILES string of the molecule is N=C1N=CC=CC1=O. The van der Waals surface area contributed by atoms with Gasteiger partial charge in [0.15, 0.2) is 5.84 Å². The van der Waals surface area contributed by atoms with Crippen molar-refractivity contribution in [2.75, 3.05) is 0 Å². The molecule has 1 aliphatic rings. The second-order valence-electron chi connectivity index (χ2n) is 1.35. The minimum absolute atomic E-state index is 0.187. The molecule has 0 saturated heterocycles. The number of dihydropyridines is 1. The van der Waals surface area contributed by atoms with Crippen molar-refractivity contribution in [3.63, 3.8) is 0 Å². The van der Waals surface area contributed by atoms with Crippen LogP contribution in [0.25, 0.3) is 0 Å². The summed E-state index contributed by atoms with van der Waals surface area (Å²) in [5.41, 5.74) is 0. The molecule has 1 N–H and O–H groups in total. The maximum atomic E-state index is 10.4. The zero-order chi connectivity index (χ0) is 5.98. The van der Waals surface area contributed by atoms with Gasteiger partial charge >= 0.3 is 0 Å². The van der Waals surface area contributed by atoms with E-state index in [2.05, 4.69) is 4.99 Å². The number of nitrogens with zero attached hydrogens (tertiary/aromatic N) is 1. The molecule has 0 radical (unpaired) electrons. The maximum absolute atomic E-state index is 10.4. The van der Waals surface area contributed by atoms with Crippen LogP contribution < -0.4 is 0 Å². The molecule has 1 rings (SSSR count). The summed E-state index contributed by atoms with van der Waals surface area (Å²) in [7, 11) is 0. The van der Waals surface area contributed by atoms with Gasteiger partial charge in [-0.3, -0.25) is 10.2 Å². The van der Waals surface area contributed by atoms with Crippen LogP contribution in [0.4, 0.5) is 0 Å². The van der Waals surface area contributed by atoms with Crippen LogP contribution in [-0.2, 0) is 4.79 Å². The molecular weight excluding hydrogens is 104 g/mol. The van der Waals surface area contributed by atoms with E-state index < -0.39 is 0 Å². The van der Waals surface area contributed by atoms with Crippen molar-refractivity contribution < 1.29 is 4.79 Å². The Hall–Kier alpha value is -1.25. The van der Waals surface area contributed by atoms with Crippen LogP contribution in [0.2, 0.25) is 0 Å². The fraction of sp³-hybridized carbons (Fsp3) is 0. The third-order valence-corrected chi connectivity index (χ3v) is 0.771. The number of carbonyl (C=O) groups excluding carboxylic acids is 1. The molecule has 0 atom stereocenters. The summed E-state index contributed by atoms with van der Waals surface area (Å²) in [6.45, 7) is 0. The van der Waals surface area contributed by atoms with Crippen molar-refractivity contribution in [2.45, 2.75) is 0 Å². The first-order valence-electron chi connectivity index (χ1n) is 2.14. The van der Waals surface area contributed by atoms with Crippen LogP contribution in [0.3, 0.4) is 0 Å². The summed E-state index contributed by atoms with van der Waals surface area (Å²) >= 11 is 0. The van der Waals surface area contributed by atoms with E-state index in [4.69, 9.17) is 5.41 Å². The van der Waals surface area contributed by atoms with Gasteiger partial charge in [0.25, 0.3) is 0 Å². The zero-order valence-corrected chi connectivity index (χ0v) is 4.09. The van der Waals surface area contributed by atoms with Crippen LogP contribution in [0.1, 0.15) is 0 Å². The summed E-state index contributed by atoms with van der Waals surface area (Å²) in [5, 5.41) is 6.80. The Morgan fingerprint density at radius 1 is 1.62 bits per heavy atom. The summed E-state index contributed by atoms with van der Waals surface area (Å²) in [5.74, 6) is -0.514. The number of carbonyl (C=O) groups is 1. The van der Waals surface area contributed by atoms with Crippen LogP contribution in [0.15, 0.2) is 17.1 Å². The number of aliphatic imine (C=N–C) groups is 1. The number of hydrogen-bond acceptors (Lipinski definition) is 2. The highest BCUT2D eigenvalue weighted by Crippen LogP contribution is 1.87. The Bertz CT molecular complexity index is 169. The highest BCUT2D eigenvalue weighted by atomic mass is 16.1. The molecule has 1 heterocycles. The molecule has 0 bridgehead atoms. The molecule has 0 fully saturated rings. The van der Waals surface area contributed by atoms with E-state index in [1.165, 1.54) is 18.4 Å². The predicted octanol–water partition coefficient (Wildman–Crippen LogP) is 0.173. The van der Waals surface area contributed by atoms with E-state index in [1.807, 2.05) is 0 Å². The van der Waals surface area contributed by atoms with E-state index in [0.29, 0.717) is 0 Å². The molecule has 0 unspecified atom stereocenters. The van der Waals surface area contributed by atoms with Gasteiger partial charge in [-0.1, -0.05) is 0 Å². The van der Waals surface area contributed by atoms with Gasteiger partial charge in [-0.05, 0) is 12.2 Å². The van der Waals surface area contributed by atoms with Crippen molar-refractivity contribution in [3.8, 4) is 0 Å². The van der Waals surface area contributed by atoms with Crippen molar-refractivity contribution in [3.05, 3.63) is 12.2 Å². The van der Waals surface area contributed by atoms with Gasteiger partial charge in [-0.15, -0.1) is 0 Å². The minimum atomic E-state index is -0.326. The van der Waals surface area contributed by atoms with E-state index in [9.17, 15) is 4.79 Å². The standard InChI is InChI=1S/C5H4N2O/c6-5-4(8)2-1-3-7-5/h1-3,6H. The molecular formula is C5H4N2O. The molecule has 0 amide bonds. The van der Waals surface area contributed by atoms with E-state index in [-0.39, 0.29) is 11.6 Å². The topological polar surface area (TPSA) is 53.3 Å². The molecule has 0 spiro atoms. The van der Waals surface area contributed by atoms with Crippen molar-refractivity contribution in [1.29, 1.82) is 5.41 Å². The molecule has 0 saturated carbocycles. The van der Waals surface area contributed by atoms with Crippen molar-refractivity contribution >= 4 is 17.8 Å². The highest BCUT2D eigenvalue weighted by molar-refractivity contribution is 6.44. The molecule has 3 heteroatoms. The van der Waals surface area contributed by atoms with E-state index in [1.54, 1.807) is 0 Å². The number of allylic oxidation sites excluding steroid dienone is 1. The van der Waals surface area contributed by atoms with Crippen LogP contribution >= 0.6 is 0 Å². The number of rotatable bonds is 0. The summed E-state index contributed by atoms with van der Waals surface area (Å²) < 4.78 is 0. The van der Waals surface area contributed by atoms with Gasteiger partial charge in [0, 0.05) is 6.21 Å². The zero-order valence-electron chi connectivity index (χ0n) is 4.09. The fourth-order valence-corrected chi connectivity index (χ4v) is 0.391. The average molecular weight is 108 g/mol. The summed E-state index contributed by atoms with van der Waals surface area (Å²) in [6, 6.07) is 0. The third-order valence-electron chi connectivity index (χ3n) is 0.771. The first kappa shape index (κ1) is 4.90. The van der Waals surface area contributed by atoms with Crippen LogP contribution in [0.5, 0.6) is 0 Å². The minimum Gasteiger partial charge on any atom is -0.286 e. The Balaban J connectivity index is 2.89. The summed E-state index contributed by atoms with van der Waals surface area (Å²) in [4.78, 5) is 13.8. The number of ketones is 1. The Kier molecular flexibility index (Phi) is 1.04. The number of nitrogens with one attached hydrogen (secondary N) is 1. The largest absolute Gasteiger partial charge is 0.286 e. The quantitative estimate of drug-likeness (QED) is 0.472. The average Bonchev–Trinajstić information content (AvgIpc) is 1.77. The normalized spacial score (nSPS) is 17.5. The monoisotopic (exact) mass is 108 g/mol. The van der Waals surface area contributed by atoms with E-state index >= 15 is 0 Å². The van der Waals surface area contributed by atoms with Gasteiger partial charge in [0.05, 0.1) is 0 Å². The summed E-state index contributed by atoms with van der Waals surface area (Å²) in [6.07, 6.45) is 4.25. The lowest BCUT2D eigenvalue weighted by molar-refractivity contribution is -0.109. The van der Waals surface area contributed by atoms with Crippen LogP contribution in [-0.4, -0.2) is 17.8 Å². The Morgan fingerprint density at radius 2 is 2.38 bits per heavy atom. The van der Waals surface area contributed by atoms with Gasteiger partial charge in [-0.2, -0.15) is 0 Å². The Labute approximate surface area is 46.2 Å². The molecule has 0 aromatic carbocycles. The first-order chi connectivity index (χ1) is 3.80. The lowest BCUT2D eigenvalue weighted by atomic mass is 10.3. The molecule has 40 valence electrons. The fourth-order valence-electron chi connectivity index (χ4n) is 0.391. The predicted molar refractivity (Wildman–Crippen MR) is 30.4 cm³/mol. The third kappa shape index (κ3) is 0.703. The molecule has 0 aromatic rings. The second kappa shape index (κ2) is 1.69. The van der Waals surface area contributed by atoms with Gasteiger partial charge in [0.2, 0.25) is 5.78 Å². The molecule has 3 nitrogen and oxygen atoms in total.